The summed E-state index contributed by atoms with van der Waals surface area (Å²) in [6.07, 6.45) is 0.389. The first kappa shape index (κ1) is 13.4. The largest absolute Gasteiger partial charge is 0.321 e. The Bertz CT molecular complexity index is 382. The standard InChI is InChI=1S/C13H18BrNO/c1-13(2,3)12(15)11(16)8-9-6-4-5-7-10(9)14/h4-7,12H,8,15H2,1-3H3. The number of carbonyl (C=O) groups excluding carboxylic acids is 1. The Labute approximate surface area is 105 Å². The summed E-state index contributed by atoms with van der Waals surface area (Å²) in [4.78, 5) is 12.0. The number of hydrogen-bond donors (Lipinski definition) is 1. The molecule has 0 amide bonds. The molecule has 3 heteroatoms. The lowest BCUT2D eigenvalue weighted by Gasteiger charge is -2.25. The van der Waals surface area contributed by atoms with E-state index in [1.165, 1.54) is 0 Å². The van der Waals surface area contributed by atoms with Gasteiger partial charge in [-0.05, 0) is 17.0 Å². The second-order valence-corrected chi connectivity index (χ2v) is 5.93. The number of halogens is 1. The molecule has 0 radical (unpaired) electrons. The van der Waals surface area contributed by atoms with Gasteiger partial charge in [0.1, 0.15) is 0 Å². The van der Waals surface area contributed by atoms with Crippen molar-refractivity contribution in [3.8, 4) is 0 Å². The van der Waals surface area contributed by atoms with E-state index in [1.54, 1.807) is 0 Å². The molecule has 0 saturated heterocycles. The summed E-state index contributed by atoms with van der Waals surface area (Å²) in [5.41, 5.74) is 6.74. The molecule has 0 aliphatic heterocycles. The second-order valence-electron chi connectivity index (χ2n) is 5.08. The fourth-order valence-electron chi connectivity index (χ4n) is 1.42. The first-order valence-electron chi connectivity index (χ1n) is 5.34. The Hall–Kier alpha value is -0.670. The van der Waals surface area contributed by atoms with Crippen LogP contribution in [0.4, 0.5) is 0 Å². The molecule has 0 fully saturated rings. The van der Waals surface area contributed by atoms with E-state index in [1.807, 2.05) is 45.0 Å². The second kappa shape index (κ2) is 5.11. The fraction of sp³-hybridized carbons (Fsp3) is 0.462. The molecule has 0 aliphatic carbocycles. The average Bonchev–Trinajstić information content (AvgIpc) is 2.19. The first-order chi connectivity index (χ1) is 7.32. The number of nitrogens with two attached hydrogens (primary N) is 1. The van der Waals surface area contributed by atoms with E-state index in [4.69, 9.17) is 5.73 Å². The Kier molecular flexibility index (Phi) is 4.28. The Morgan fingerprint density at radius 2 is 1.94 bits per heavy atom. The van der Waals surface area contributed by atoms with E-state index in [9.17, 15) is 4.79 Å². The van der Waals surface area contributed by atoms with Crippen molar-refractivity contribution in [3.63, 3.8) is 0 Å². The summed E-state index contributed by atoms with van der Waals surface area (Å²) in [7, 11) is 0. The van der Waals surface area contributed by atoms with E-state index in [0.717, 1.165) is 10.0 Å². The van der Waals surface area contributed by atoms with Crippen LogP contribution in [0.5, 0.6) is 0 Å². The van der Waals surface area contributed by atoms with Crippen LogP contribution < -0.4 is 5.73 Å². The molecule has 88 valence electrons. The predicted octanol–water partition coefficient (Wildman–Crippen LogP) is 2.93. The SMILES string of the molecule is CC(C)(C)C(N)C(=O)Cc1ccccc1Br. The number of carbonyl (C=O) groups is 1. The van der Waals surface area contributed by atoms with E-state index in [0.29, 0.717) is 6.42 Å². The van der Waals surface area contributed by atoms with Crippen molar-refractivity contribution in [2.75, 3.05) is 0 Å². The van der Waals surface area contributed by atoms with E-state index >= 15 is 0 Å². The van der Waals surface area contributed by atoms with Crippen molar-refractivity contribution in [2.24, 2.45) is 11.1 Å². The zero-order valence-corrected chi connectivity index (χ0v) is 11.5. The van der Waals surface area contributed by atoms with Crippen molar-refractivity contribution < 1.29 is 4.79 Å². The molecule has 16 heavy (non-hydrogen) atoms. The molecule has 0 heterocycles. The number of hydrogen-bond acceptors (Lipinski definition) is 2. The van der Waals surface area contributed by atoms with Crippen LogP contribution in [0.25, 0.3) is 0 Å². The molecule has 2 nitrogen and oxygen atoms in total. The smallest absolute Gasteiger partial charge is 0.154 e. The molecule has 1 atom stereocenters. The maximum atomic E-state index is 12.0. The van der Waals surface area contributed by atoms with Crippen molar-refractivity contribution in [1.82, 2.24) is 0 Å². The highest BCUT2D eigenvalue weighted by Gasteiger charge is 2.27. The van der Waals surface area contributed by atoms with Crippen LogP contribution in [0, 0.1) is 5.41 Å². The summed E-state index contributed by atoms with van der Waals surface area (Å²) in [6, 6.07) is 7.32. The average molecular weight is 284 g/mol. The molecule has 0 saturated carbocycles. The molecule has 2 N–H and O–H groups in total. The summed E-state index contributed by atoms with van der Waals surface area (Å²) in [5, 5.41) is 0. The summed E-state index contributed by atoms with van der Waals surface area (Å²) in [6.45, 7) is 5.95. The third kappa shape index (κ3) is 3.42. The lowest BCUT2D eigenvalue weighted by Crippen LogP contribution is -2.43. The third-order valence-corrected chi connectivity index (χ3v) is 3.38. The topological polar surface area (TPSA) is 43.1 Å². The van der Waals surface area contributed by atoms with E-state index < -0.39 is 6.04 Å². The normalized spacial score (nSPS) is 13.6. The highest BCUT2D eigenvalue weighted by Crippen LogP contribution is 2.22. The first-order valence-corrected chi connectivity index (χ1v) is 6.13. The van der Waals surface area contributed by atoms with Crippen molar-refractivity contribution in [3.05, 3.63) is 34.3 Å². The van der Waals surface area contributed by atoms with Gasteiger partial charge in [-0.2, -0.15) is 0 Å². The molecular weight excluding hydrogens is 266 g/mol. The maximum absolute atomic E-state index is 12.0. The summed E-state index contributed by atoms with van der Waals surface area (Å²) in [5.74, 6) is 0.0828. The van der Waals surface area contributed by atoms with Crippen LogP contribution in [0.15, 0.2) is 28.7 Å². The van der Waals surface area contributed by atoms with Gasteiger partial charge in [-0.1, -0.05) is 54.9 Å². The molecule has 1 aromatic rings. The van der Waals surface area contributed by atoms with E-state index in [2.05, 4.69) is 15.9 Å². The minimum atomic E-state index is -0.417. The molecule has 1 rings (SSSR count). The maximum Gasteiger partial charge on any atom is 0.154 e. The van der Waals surface area contributed by atoms with Gasteiger partial charge in [-0.25, -0.2) is 0 Å². The van der Waals surface area contributed by atoms with Gasteiger partial charge in [0.15, 0.2) is 5.78 Å². The lowest BCUT2D eigenvalue weighted by atomic mass is 9.83. The highest BCUT2D eigenvalue weighted by atomic mass is 79.9. The van der Waals surface area contributed by atoms with Crippen LogP contribution in [0.3, 0.4) is 0 Å². The minimum absolute atomic E-state index is 0.0828. The zero-order chi connectivity index (χ0) is 12.3. The van der Waals surface area contributed by atoms with Crippen LogP contribution >= 0.6 is 15.9 Å². The number of rotatable bonds is 3. The monoisotopic (exact) mass is 283 g/mol. The van der Waals surface area contributed by atoms with Crippen LogP contribution in [0.2, 0.25) is 0 Å². The highest BCUT2D eigenvalue weighted by molar-refractivity contribution is 9.10. The number of Topliss-reactive ketones (excluding diaryl/α,β-unsaturated/α-hetero) is 1. The van der Waals surface area contributed by atoms with Crippen molar-refractivity contribution in [2.45, 2.75) is 33.2 Å². The number of benzene rings is 1. The molecular formula is C13H18BrNO. The quantitative estimate of drug-likeness (QED) is 0.927. The number of ketones is 1. The van der Waals surface area contributed by atoms with Crippen LogP contribution in [-0.2, 0) is 11.2 Å². The molecule has 0 bridgehead atoms. The van der Waals surface area contributed by atoms with Crippen LogP contribution in [0.1, 0.15) is 26.3 Å². The zero-order valence-electron chi connectivity index (χ0n) is 9.96. The van der Waals surface area contributed by atoms with Gasteiger partial charge in [-0.3, -0.25) is 4.79 Å². The Morgan fingerprint density at radius 3 is 2.44 bits per heavy atom. The van der Waals surface area contributed by atoms with Crippen molar-refractivity contribution >= 4 is 21.7 Å². The van der Waals surface area contributed by atoms with Gasteiger partial charge in [-0.15, -0.1) is 0 Å². The molecule has 1 aromatic carbocycles. The Morgan fingerprint density at radius 1 is 1.38 bits per heavy atom. The molecule has 0 aromatic heterocycles. The minimum Gasteiger partial charge on any atom is -0.321 e. The molecule has 0 spiro atoms. The van der Waals surface area contributed by atoms with Gasteiger partial charge in [0.25, 0.3) is 0 Å². The van der Waals surface area contributed by atoms with Gasteiger partial charge < -0.3 is 5.73 Å². The van der Waals surface area contributed by atoms with Gasteiger partial charge >= 0.3 is 0 Å². The van der Waals surface area contributed by atoms with E-state index in [-0.39, 0.29) is 11.2 Å². The lowest BCUT2D eigenvalue weighted by molar-refractivity contribution is -0.121. The Balaban J connectivity index is 2.76. The molecule has 1 unspecified atom stereocenters. The molecule has 0 aliphatic rings. The van der Waals surface area contributed by atoms with Gasteiger partial charge in [0.2, 0.25) is 0 Å². The third-order valence-electron chi connectivity index (χ3n) is 2.60. The van der Waals surface area contributed by atoms with Crippen molar-refractivity contribution in [1.29, 1.82) is 0 Å². The summed E-state index contributed by atoms with van der Waals surface area (Å²) < 4.78 is 0.962. The van der Waals surface area contributed by atoms with Crippen LogP contribution in [-0.4, -0.2) is 11.8 Å². The van der Waals surface area contributed by atoms with Gasteiger partial charge in [0, 0.05) is 10.9 Å². The van der Waals surface area contributed by atoms with Gasteiger partial charge in [0.05, 0.1) is 6.04 Å². The predicted molar refractivity (Wildman–Crippen MR) is 70.3 cm³/mol. The summed E-state index contributed by atoms with van der Waals surface area (Å²) >= 11 is 3.43. The fourth-order valence-corrected chi connectivity index (χ4v) is 1.85.